The number of carbonyl (C=O) groups excluding carboxylic acids is 2. The van der Waals surface area contributed by atoms with Gasteiger partial charge in [-0.3, -0.25) is 14.6 Å². The Kier molecular flexibility index (Phi) is 5.09. The monoisotopic (exact) mass is 407 g/mol. The van der Waals surface area contributed by atoms with Crippen molar-refractivity contribution in [1.82, 2.24) is 14.9 Å². The molecule has 1 atom stereocenters. The van der Waals surface area contributed by atoms with Gasteiger partial charge in [0, 0.05) is 17.3 Å². The molecule has 0 radical (unpaired) electrons. The van der Waals surface area contributed by atoms with Gasteiger partial charge in [0.15, 0.2) is 5.76 Å². The van der Waals surface area contributed by atoms with Crippen LogP contribution in [-0.2, 0) is 16.1 Å². The molecule has 0 spiro atoms. The minimum Gasteiger partial charge on any atom is -0.505 e. The molecule has 0 aliphatic carbocycles. The van der Waals surface area contributed by atoms with E-state index in [2.05, 4.69) is 9.97 Å². The number of Topliss-reactive ketones (excluding diaryl/α,β-unsaturated/α-hetero) is 1. The number of benzene rings is 1. The first-order chi connectivity index (χ1) is 14.1. The van der Waals surface area contributed by atoms with Crippen LogP contribution in [-0.4, -0.2) is 38.8 Å². The van der Waals surface area contributed by atoms with Gasteiger partial charge in [0.05, 0.1) is 31.5 Å². The number of aliphatic hydroxyl groups is 1. The first kappa shape index (κ1) is 18.8. The van der Waals surface area contributed by atoms with Crippen molar-refractivity contribution in [2.75, 3.05) is 7.11 Å². The van der Waals surface area contributed by atoms with Crippen molar-refractivity contribution in [2.24, 2.45) is 0 Å². The van der Waals surface area contributed by atoms with Gasteiger partial charge >= 0.3 is 0 Å². The van der Waals surface area contributed by atoms with Crippen molar-refractivity contribution in [1.29, 1.82) is 0 Å². The third-order valence-corrected chi connectivity index (χ3v) is 5.54. The number of nitrogens with zero attached hydrogens (tertiary/aromatic N) is 3. The molecule has 1 aliphatic heterocycles. The fraction of sp³-hybridized carbons (Fsp3) is 0.143. The molecule has 0 bridgehead atoms. The van der Waals surface area contributed by atoms with Crippen LogP contribution in [0.3, 0.4) is 0 Å². The van der Waals surface area contributed by atoms with Crippen molar-refractivity contribution in [3.63, 3.8) is 0 Å². The summed E-state index contributed by atoms with van der Waals surface area (Å²) in [6.07, 6.45) is 4.24. The smallest absolute Gasteiger partial charge is 0.295 e. The second-order valence-corrected chi connectivity index (χ2v) is 7.40. The maximum absolute atomic E-state index is 12.9. The first-order valence-electron chi connectivity index (χ1n) is 8.81. The molecule has 1 amide bonds. The van der Waals surface area contributed by atoms with Crippen molar-refractivity contribution in [2.45, 2.75) is 12.6 Å². The van der Waals surface area contributed by atoms with Crippen molar-refractivity contribution >= 4 is 28.8 Å². The highest BCUT2D eigenvalue weighted by molar-refractivity contribution is 7.09. The van der Waals surface area contributed by atoms with Gasteiger partial charge in [-0.2, -0.15) is 0 Å². The minimum atomic E-state index is -0.745. The summed E-state index contributed by atoms with van der Waals surface area (Å²) in [6.45, 7) is 0.260. The van der Waals surface area contributed by atoms with Crippen LogP contribution < -0.4 is 4.74 Å². The number of thiophene rings is 1. The summed E-state index contributed by atoms with van der Waals surface area (Å²) in [4.78, 5) is 36.2. The number of methoxy groups -OCH3 is 1. The van der Waals surface area contributed by atoms with Crippen molar-refractivity contribution in [3.8, 4) is 5.75 Å². The molecule has 4 rings (SSSR count). The summed E-state index contributed by atoms with van der Waals surface area (Å²) < 4.78 is 5.20. The molecular weight excluding hydrogens is 390 g/mol. The van der Waals surface area contributed by atoms with Crippen LogP contribution in [0.1, 0.15) is 22.2 Å². The lowest BCUT2D eigenvalue weighted by Crippen LogP contribution is -2.28. The van der Waals surface area contributed by atoms with E-state index in [-0.39, 0.29) is 23.6 Å². The largest absolute Gasteiger partial charge is 0.505 e. The number of ether oxygens (including phenoxy) is 1. The fourth-order valence-electron chi connectivity index (χ4n) is 3.31. The van der Waals surface area contributed by atoms with E-state index in [1.54, 1.807) is 31.4 Å². The molecule has 2 aromatic heterocycles. The second-order valence-electron chi connectivity index (χ2n) is 6.37. The van der Waals surface area contributed by atoms with Crippen molar-refractivity contribution < 1.29 is 19.4 Å². The van der Waals surface area contributed by atoms with E-state index >= 15 is 0 Å². The minimum absolute atomic E-state index is 0.00257. The highest BCUT2D eigenvalue weighted by atomic mass is 32.1. The number of amides is 1. The maximum Gasteiger partial charge on any atom is 0.295 e. The van der Waals surface area contributed by atoms with Crippen LogP contribution in [0, 0.1) is 0 Å². The molecule has 0 saturated carbocycles. The summed E-state index contributed by atoms with van der Waals surface area (Å²) in [6, 6.07) is 10.1. The molecule has 8 heteroatoms. The van der Waals surface area contributed by atoms with E-state index in [0.717, 1.165) is 4.88 Å². The average molecular weight is 407 g/mol. The molecular formula is C21H17N3O4S. The molecule has 1 aromatic carbocycles. The zero-order valence-corrected chi connectivity index (χ0v) is 16.3. The lowest BCUT2D eigenvalue weighted by molar-refractivity contribution is -0.140. The van der Waals surface area contributed by atoms with Crippen LogP contribution in [0.25, 0.3) is 5.76 Å². The topological polar surface area (TPSA) is 92.6 Å². The van der Waals surface area contributed by atoms with E-state index in [0.29, 0.717) is 11.3 Å². The van der Waals surface area contributed by atoms with Crippen LogP contribution in [0.4, 0.5) is 0 Å². The molecule has 146 valence electrons. The predicted molar refractivity (Wildman–Crippen MR) is 107 cm³/mol. The van der Waals surface area contributed by atoms with Gasteiger partial charge in [-0.25, -0.2) is 4.98 Å². The lowest BCUT2D eigenvalue weighted by Gasteiger charge is -2.25. The van der Waals surface area contributed by atoms with Crippen LogP contribution in [0.15, 0.2) is 65.9 Å². The van der Waals surface area contributed by atoms with E-state index in [1.807, 2.05) is 17.5 Å². The Bertz CT molecular complexity index is 1060. The summed E-state index contributed by atoms with van der Waals surface area (Å²) in [5, 5.41) is 12.8. The Morgan fingerprint density at radius 1 is 1.21 bits per heavy atom. The standard InChI is InChI=1S/C21H17N3O4S/c1-28-14-6-4-13(5-7-14)18-17(19(25)16-11-22-8-9-23-16)20(26)21(27)24(18)12-15-3-2-10-29-15/h2-11,18,25H,12H2,1H3/b19-17+. The Hall–Kier alpha value is -3.52. The van der Waals surface area contributed by atoms with E-state index in [4.69, 9.17) is 4.74 Å². The van der Waals surface area contributed by atoms with Gasteiger partial charge in [-0.1, -0.05) is 18.2 Å². The Morgan fingerprint density at radius 2 is 2.00 bits per heavy atom. The summed E-state index contributed by atoms with van der Waals surface area (Å²) >= 11 is 1.50. The maximum atomic E-state index is 12.9. The zero-order chi connectivity index (χ0) is 20.4. The number of aromatic nitrogens is 2. The molecule has 1 saturated heterocycles. The molecule has 1 N–H and O–H groups in total. The van der Waals surface area contributed by atoms with Crippen LogP contribution in [0.5, 0.6) is 5.75 Å². The fourth-order valence-corrected chi connectivity index (χ4v) is 4.01. The van der Waals surface area contributed by atoms with E-state index in [1.165, 1.54) is 34.8 Å². The second kappa shape index (κ2) is 7.84. The summed E-state index contributed by atoms with van der Waals surface area (Å²) in [7, 11) is 1.56. The van der Waals surface area contributed by atoms with E-state index in [9.17, 15) is 14.7 Å². The normalized spacial score (nSPS) is 18.2. The Balaban J connectivity index is 1.85. The van der Waals surface area contributed by atoms with Crippen LogP contribution in [0.2, 0.25) is 0 Å². The molecule has 3 heterocycles. The number of hydrogen-bond donors (Lipinski definition) is 1. The molecule has 1 fully saturated rings. The third-order valence-electron chi connectivity index (χ3n) is 4.68. The number of ketones is 1. The third kappa shape index (κ3) is 3.50. The van der Waals surface area contributed by atoms with Gasteiger partial charge in [-0.15, -0.1) is 11.3 Å². The van der Waals surface area contributed by atoms with Gasteiger partial charge in [0.1, 0.15) is 11.4 Å². The Morgan fingerprint density at radius 3 is 2.62 bits per heavy atom. The molecule has 29 heavy (non-hydrogen) atoms. The van der Waals surface area contributed by atoms with Crippen LogP contribution >= 0.6 is 11.3 Å². The summed E-state index contributed by atoms with van der Waals surface area (Å²) in [5.74, 6) is -1.10. The molecule has 7 nitrogen and oxygen atoms in total. The number of carbonyl (C=O) groups is 2. The number of rotatable bonds is 5. The molecule has 1 aliphatic rings. The van der Waals surface area contributed by atoms with E-state index < -0.39 is 17.7 Å². The highest BCUT2D eigenvalue weighted by Crippen LogP contribution is 2.40. The lowest BCUT2D eigenvalue weighted by atomic mass is 9.96. The average Bonchev–Trinajstić information content (AvgIpc) is 3.36. The highest BCUT2D eigenvalue weighted by Gasteiger charge is 2.46. The number of hydrogen-bond acceptors (Lipinski definition) is 7. The zero-order valence-electron chi connectivity index (χ0n) is 15.5. The number of likely N-dealkylation sites (tertiary alicyclic amines) is 1. The van der Waals surface area contributed by atoms with Gasteiger partial charge in [0.2, 0.25) is 0 Å². The Labute approximate surface area is 170 Å². The predicted octanol–water partition coefficient (Wildman–Crippen LogP) is 3.17. The van der Waals surface area contributed by atoms with Gasteiger partial charge < -0.3 is 14.7 Å². The number of aliphatic hydroxyl groups excluding tert-OH is 1. The molecule has 1 unspecified atom stereocenters. The quantitative estimate of drug-likeness (QED) is 0.397. The van der Waals surface area contributed by atoms with Crippen molar-refractivity contribution in [3.05, 3.63) is 82.1 Å². The molecule has 3 aromatic rings. The summed E-state index contributed by atoms with van der Waals surface area (Å²) in [5.41, 5.74) is 0.823. The SMILES string of the molecule is COc1ccc(C2/C(=C(\O)c3cnccn3)C(=O)C(=O)N2Cc2cccs2)cc1. The first-order valence-corrected chi connectivity index (χ1v) is 9.69. The van der Waals surface area contributed by atoms with Gasteiger partial charge in [0.25, 0.3) is 11.7 Å². The van der Waals surface area contributed by atoms with Gasteiger partial charge in [-0.05, 0) is 29.1 Å².